The molecule has 31 heavy (non-hydrogen) atoms. The van der Waals surface area contributed by atoms with Gasteiger partial charge in [0, 0.05) is 51.4 Å². The lowest BCUT2D eigenvalue weighted by Crippen LogP contribution is -2.49. The van der Waals surface area contributed by atoms with Crippen LogP contribution in [0.4, 0.5) is 11.6 Å². The zero-order valence-electron chi connectivity index (χ0n) is 17.7. The molecule has 1 aromatic heterocycles. The normalized spacial score (nSPS) is 19.6. The molecule has 1 aromatic carbocycles. The minimum absolute atomic E-state index is 0.236. The zero-order valence-corrected chi connectivity index (χ0v) is 18.5. The van der Waals surface area contributed by atoms with Crippen molar-refractivity contribution in [1.29, 1.82) is 0 Å². The Morgan fingerprint density at radius 3 is 2.10 bits per heavy atom. The highest BCUT2D eigenvalue weighted by atomic mass is 32.2. The van der Waals surface area contributed by atoms with Crippen molar-refractivity contribution in [2.24, 2.45) is 0 Å². The molecule has 2 saturated heterocycles. The van der Waals surface area contributed by atoms with E-state index in [2.05, 4.69) is 19.8 Å². The van der Waals surface area contributed by atoms with Crippen LogP contribution in [0.15, 0.2) is 29.2 Å². The van der Waals surface area contributed by atoms with Crippen LogP contribution in [-0.2, 0) is 10.0 Å². The number of hydrogen-bond donors (Lipinski definition) is 0. The van der Waals surface area contributed by atoms with Crippen molar-refractivity contribution in [3.8, 4) is 11.5 Å². The van der Waals surface area contributed by atoms with Crippen molar-refractivity contribution >= 4 is 21.7 Å². The smallest absolute Gasteiger partial charge is 0.243 e. The van der Waals surface area contributed by atoms with Gasteiger partial charge in [-0.25, -0.2) is 18.4 Å². The first kappa shape index (κ1) is 20.3. The lowest BCUT2D eigenvalue weighted by molar-refractivity contribution is 0.171. The van der Waals surface area contributed by atoms with E-state index in [0.717, 1.165) is 30.5 Å². The molecule has 4 heterocycles. The topological polar surface area (TPSA) is 88.1 Å². The zero-order chi connectivity index (χ0) is 21.4. The predicted octanol–water partition coefficient (Wildman–Crippen LogP) is 1.67. The number of anilines is 2. The first-order chi connectivity index (χ1) is 15.0. The Kier molecular flexibility index (Phi) is 5.35. The van der Waals surface area contributed by atoms with Crippen LogP contribution < -0.4 is 19.3 Å². The van der Waals surface area contributed by atoms with Crippen LogP contribution in [0.1, 0.15) is 18.7 Å². The van der Waals surface area contributed by atoms with Gasteiger partial charge in [0.25, 0.3) is 0 Å². The van der Waals surface area contributed by atoms with Gasteiger partial charge in [0.15, 0.2) is 11.5 Å². The lowest BCUT2D eigenvalue weighted by atomic mass is 10.3. The second-order valence-electron chi connectivity index (χ2n) is 8.02. The summed E-state index contributed by atoms with van der Waals surface area (Å²) in [7, 11) is -3.60. The first-order valence-electron chi connectivity index (χ1n) is 10.8. The third-order valence-corrected chi connectivity index (χ3v) is 7.85. The summed E-state index contributed by atoms with van der Waals surface area (Å²) in [6, 6.07) is 6.85. The molecule has 0 atom stereocenters. The number of piperazine rings is 1. The van der Waals surface area contributed by atoms with Crippen molar-refractivity contribution in [1.82, 2.24) is 14.3 Å². The molecule has 10 heteroatoms. The van der Waals surface area contributed by atoms with Gasteiger partial charge in [0.05, 0.1) is 4.90 Å². The molecule has 3 aliphatic rings. The molecular weight excluding hydrogens is 418 g/mol. The Labute approximate surface area is 182 Å². The second-order valence-corrected chi connectivity index (χ2v) is 9.96. The maximum absolute atomic E-state index is 13.2. The second kappa shape index (κ2) is 8.16. The summed E-state index contributed by atoms with van der Waals surface area (Å²) in [5.41, 5.74) is 0. The van der Waals surface area contributed by atoms with Gasteiger partial charge in [-0.2, -0.15) is 4.31 Å². The summed E-state index contributed by atoms with van der Waals surface area (Å²) in [4.78, 5) is 13.9. The van der Waals surface area contributed by atoms with Crippen molar-refractivity contribution in [3.63, 3.8) is 0 Å². The summed E-state index contributed by atoms with van der Waals surface area (Å²) < 4.78 is 38.9. The number of rotatable bonds is 4. The van der Waals surface area contributed by atoms with E-state index in [1.165, 1.54) is 17.1 Å². The molecule has 166 valence electrons. The van der Waals surface area contributed by atoms with E-state index < -0.39 is 10.0 Å². The fraction of sp³-hybridized carbons (Fsp3) is 0.524. The van der Waals surface area contributed by atoms with Crippen molar-refractivity contribution in [2.45, 2.75) is 24.7 Å². The van der Waals surface area contributed by atoms with Gasteiger partial charge >= 0.3 is 0 Å². The molecule has 0 bridgehead atoms. The van der Waals surface area contributed by atoms with Crippen molar-refractivity contribution in [3.05, 3.63) is 30.1 Å². The number of fused-ring (bicyclic) bond motifs is 1. The molecule has 0 radical (unpaired) electrons. The average molecular weight is 446 g/mol. The fourth-order valence-corrected chi connectivity index (χ4v) is 5.74. The van der Waals surface area contributed by atoms with Crippen LogP contribution in [0.3, 0.4) is 0 Å². The average Bonchev–Trinajstić information content (AvgIpc) is 3.33. The predicted molar refractivity (Wildman–Crippen MR) is 117 cm³/mol. The maximum atomic E-state index is 13.2. The fourth-order valence-electron chi connectivity index (χ4n) is 4.30. The van der Waals surface area contributed by atoms with E-state index >= 15 is 0 Å². The van der Waals surface area contributed by atoms with E-state index in [0.29, 0.717) is 50.9 Å². The van der Waals surface area contributed by atoms with E-state index in [1.807, 2.05) is 13.0 Å². The van der Waals surface area contributed by atoms with Crippen molar-refractivity contribution < 1.29 is 17.9 Å². The highest BCUT2D eigenvalue weighted by Gasteiger charge is 2.30. The number of sulfonamides is 1. The van der Waals surface area contributed by atoms with Gasteiger partial charge in [-0.1, -0.05) is 0 Å². The van der Waals surface area contributed by atoms with E-state index in [9.17, 15) is 8.42 Å². The van der Waals surface area contributed by atoms with Crippen molar-refractivity contribution in [2.75, 3.05) is 62.3 Å². The van der Waals surface area contributed by atoms with E-state index in [-0.39, 0.29) is 4.90 Å². The van der Waals surface area contributed by atoms with Gasteiger partial charge in [-0.15, -0.1) is 0 Å². The van der Waals surface area contributed by atoms with E-state index in [1.54, 1.807) is 18.2 Å². The molecule has 5 rings (SSSR count). The van der Waals surface area contributed by atoms with Crippen LogP contribution in [0.2, 0.25) is 0 Å². The van der Waals surface area contributed by atoms with Gasteiger partial charge < -0.3 is 19.3 Å². The van der Waals surface area contributed by atoms with Gasteiger partial charge in [0.2, 0.25) is 10.0 Å². The number of nitrogens with zero attached hydrogens (tertiary/aromatic N) is 5. The number of hydrogen-bond acceptors (Lipinski definition) is 8. The van der Waals surface area contributed by atoms with Crippen LogP contribution in [0.25, 0.3) is 0 Å². The quantitative estimate of drug-likeness (QED) is 0.702. The number of aromatic nitrogens is 2. The molecule has 0 amide bonds. The molecule has 0 unspecified atom stereocenters. The van der Waals surface area contributed by atoms with Gasteiger partial charge in [-0.3, -0.25) is 0 Å². The van der Waals surface area contributed by atoms with Crippen LogP contribution in [0.5, 0.6) is 11.5 Å². The summed E-state index contributed by atoms with van der Waals surface area (Å²) in [6.45, 7) is 6.83. The molecule has 0 saturated carbocycles. The number of ether oxygens (including phenoxy) is 2. The Hall–Kier alpha value is -2.59. The Balaban J connectivity index is 1.30. The Bertz CT molecular complexity index is 1060. The summed E-state index contributed by atoms with van der Waals surface area (Å²) >= 11 is 0. The highest BCUT2D eigenvalue weighted by molar-refractivity contribution is 7.89. The van der Waals surface area contributed by atoms with E-state index in [4.69, 9.17) is 9.47 Å². The highest BCUT2D eigenvalue weighted by Crippen LogP contribution is 2.33. The number of aryl methyl sites for hydroxylation is 1. The maximum Gasteiger partial charge on any atom is 0.243 e. The SMILES string of the molecule is Cc1nc(N2CCCC2)cc(N2CCN(S(=O)(=O)c3ccc4c(c3)OCCO4)CC2)n1. The molecular formula is C21H27N5O4S. The largest absolute Gasteiger partial charge is 0.486 e. The first-order valence-corrected chi connectivity index (χ1v) is 12.2. The Morgan fingerprint density at radius 2 is 1.42 bits per heavy atom. The standard InChI is InChI=1S/C21H27N5O4S/c1-16-22-20(24-6-2-3-7-24)15-21(23-16)25-8-10-26(11-9-25)31(27,28)17-4-5-18-19(14-17)30-13-12-29-18/h4-5,14-15H,2-3,6-13H2,1H3. The molecule has 2 aromatic rings. The summed E-state index contributed by atoms with van der Waals surface area (Å²) in [5.74, 6) is 3.64. The van der Waals surface area contributed by atoms with Crippen LogP contribution >= 0.6 is 0 Å². The lowest BCUT2D eigenvalue weighted by Gasteiger charge is -2.35. The third-order valence-electron chi connectivity index (χ3n) is 5.96. The third kappa shape index (κ3) is 4.01. The minimum atomic E-state index is -3.60. The summed E-state index contributed by atoms with van der Waals surface area (Å²) in [6.07, 6.45) is 2.38. The van der Waals surface area contributed by atoms with Crippen LogP contribution in [0, 0.1) is 6.92 Å². The molecule has 9 nitrogen and oxygen atoms in total. The number of benzene rings is 1. The molecule has 2 fully saturated rings. The molecule has 0 N–H and O–H groups in total. The summed E-state index contributed by atoms with van der Waals surface area (Å²) in [5, 5.41) is 0. The minimum Gasteiger partial charge on any atom is -0.486 e. The van der Waals surface area contributed by atoms with Gasteiger partial charge in [0.1, 0.15) is 30.7 Å². The molecule has 3 aliphatic heterocycles. The molecule has 0 aliphatic carbocycles. The monoisotopic (exact) mass is 445 g/mol. The van der Waals surface area contributed by atoms with Crippen LogP contribution in [-0.4, -0.2) is 75.2 Å². The molecule has 0 spiro atoms. The van der Waals surface area contributed by atoms with Gasteiger partial charge in [-0.05, 0) is 31.9 Å². The Morgan fingerprint density at radius 1 is 0.806 bits per heavy atom.